The number of carbonyl (C=O) groups is 1. The van der Waals surface area contributed by atoms with E-state index in [-0.39, 0.29) is 5.91 Å². The number of hydrogen-bond donors (Lipinski definition) is 3. The maximum Gasteiger partial charge on any atom is 0.274 e. The molecule has 2 aromatic heterocycles. The van der Waals surface area contributed by atoms with Crippen molar-refractivity contribution >= 4 is 34.4 Å². The van der Waals surface area contributed by atoms with Crippen molar-refractivity contribution in [3.05, 3.63) is 40.8 Å². The zero-order valence-corrected chi connectivity index (χ0v) is 14.6. The van der Waals surface area contributed by atoms with Crippen LogP contribution in [0.4, 0.5) is 5.95 Å². The summed E-state index contributed by atoms with van der Waals surface area (Å²) in [5.74, 6) is 1.34. The van der Waals surface area contributed by atoms with Gasteiger partial charge in [0.1, 0.15) is 5.69 Å². The quantitative estimate of drug-likeness (QED) is 0.671. The van der Waals surface area contributed by atoms with Crippen LogP contribution in [0.1, 0.15) is 35.1 Å². The zero-order valence-electron chi connectivity index (χ0n) is 13.8. The van der Waals surface area contributed by atoms with Gasteiger partial charge in [-0.05, 0) is 44.1 Å². The highest BCUT2D eigenvalue weighted by atomic mass is 35.5. The number of nitrogens with zero attached hydrogens (tertiary/aromatic N) is 3. The van der Waals surface area contributed by atoms with Gasteiger partial charge < -0.3 is 10.3 Å². The summed E-state index contributed by atoms with van der Waals surface area (Å²) < 4.78 is 1.62. The van der Waals surface area contributed by atoms with E-state index in [0.717, 1.165) is 42.7 Å². The highest BCUT2D eigenvalue weighted by molar-refractivity contribution is 6.31. The average Bonchev–Trinajstić information content (AvgIpc) is 3.19. The van der Waals surface area contributed by atoms with Crippen LogP contribution < -0.4 is 10.6 Å². The topological polar surface area (TPSA) is 87.6 Å². The first-order chi connectivity index (χ1) is 12.1. The number of carbonyl (C=O) groups excluding carboxylic acids is 1. The summed E-state index contributed by atoms with van der Waals surface area (Å²) >= 11 is 5.99. The molecule has 1 aliphatic heterocycles. The number of benzene rings is 1. The Morgan fingerprint density at radius 3 is 2.92 bits per heavy atom. The summed E-state index contributed by atoms with van der Waals surface area (Å²) in [6.07, 6.45) is 2.03. The minimum Gasteiger partial charge on any atom is -0.350 e. The fraction of sp³-hybridized carbons (Fsp3) is 0.353. The first kappa shape index (κ1) is 16.1. The van der Waals surface area contributed by atoms with Crippen LogP contribution in [0.2, 0.25) is 5.02 Å². The van der Waals surface area contributed by atoms with E-state index in [1.807, 2.05) is 6.07 Å². The predicted molar refractivity (Wildman–Crippen MR) is 97.1 cm³/mol. The van der Waals surface area contributed by atoms with Crippen LogP contribution in [0.15, 0.2) is 24.3 Å². The van der Waals surface area contributed by atoms with E-state index in [9.17, 15) is 4.79 Å². The number of anilines is 1. The second kappa shape index (κ2) is 6.50. The lowest BCUT2D eigenvalue weighted by Gasteiger charge is -2.19. The predicted octanol–water partition coefficient (Wildman–Crippen LogP) is 2.67. The van der Waals surface area contributed by atoms with Gasteiger partial charge in [-0.2, -0.15) is 10.1 Å². The monoisotopic (exact) mass is 358 g/mol. The van der Waals surface area contributed by atoms with Crippen molar-refractivity contribution in [3.8, 4) is 0 Å². The van der Waals surface area contributed by atoms with Gasteiger partial charge in [0.25, 0.3) is 5.91 Å². The Morgan fingerprint density at radius 2 is 2.12 bits per heavy atom. The molecule has 3 aromatic rings. The molecule has 4 rings (SSSR count). The zero-order chi connectivity index (χ0) is 17.4. The van der Waals surface area contributed by atoms with Crippen LogP contribution >= 0.6 is 11.6 Å². The van der Waals surface area contributed by atoms with E-state index in [1.54, 1.807) is 29.9 Å². The number of hydrogen-bond acceptors (Lipinski definition) is 4. The molecule has 1 amide bonds. The van der Waals surface area contributed by atoms with E-state index in [1.165, 1.54) is 0 Å². The van der Waals surface area contributed by atoms with Gasteiger partial charge in [0.05, 0.1) is 0 Å². The average molecular weight is 359 g/mol. The van der Waals surface area contributed by atoms with Gasteiger partial charge in [0.2, 0.25) is 5.95 Å². The standard InChI is InChI=1S/C17H19ClN6O/c1-24-17(21-15(23-24)10-4-6-19-7-5-10)22-16(25)14-8-11-2-3-12(18)9-13(11)20-14/h2-3,8-10,19-20H,4-7H2,1H3,(H,21,22,23,25). The summed E-state index contributed by atoms with van der Waals surface area (Å²) in [5, 5.41) is 12.2. The molecule has 3 heterocycles. The molecular formula is C17H19ClN6O. The maximum atomic E-state index is 12.5. The molecule has 3 N–H and O–H groups in total. The van der Waals surface area contributed by atoms with Crippen molar-refractivity contribution in [1.29, 1.82) is 0 Å². The lowest BCUT2D eigenvalue weighted by atomic mass is 9.98. The van der Waals surface area contributed by atoms with E-state index < -0.39 is 0 Å². The molecule has 130 valence electrons. The van der Waals surface area contributed by atoms with Gasteiger partial charge in [0.15, 0.2) is 5.82 Å². The van der Waals surface area contributed by atoms with E-state index in [4.69, 9.17) is 11.6 Å². The van der Waals surface area contributed by atoms with Gasteiger partial charge in [0, 0.05) is 28.9 Å². The van der Waals surface area contributed by atoms with Crippen molar-refractivity contribution in [2.45, 2.75) is 18.8 Å². The second-order valence-corrected chi connectivity index (χ2v) is 6.75. The Kier molecular flexibility index (Phi) is 4.19. The lowest BCUT2D eigenvalue weighted by Crippen LogP contribution is -2.27. The Hall–Kier alpha value is -2.38. The molecule has 0 aliphatic carbocycles. The number of aryl methyl sites for hydroxylation is 1. The number of aromatic amines is 1. The first-order valence-electron chi connectivity index (χ1n) is 8.31. The third-order valence-electron chi connectivity index (χ3n) is 4.54. The van der Waals surface area contributed by atoms with Crippen LogP contribution in [-0.2, 0) is 7.05 Å². The molecule has 0 saturated carbocycles. The molecule has 8 heteroatoms. The number of amides is 1. The molecule has 25 heavy (non-hydrogen) atoms. The van der Waals surface area contributed by atoms with Gasteiger partial charge in [-0.3, -0.25) is 10.1 Å². The Bertz CT molecular complexity index is 925. The minimum absolute atomic E-state index is 0.250. The van der Waals surface area contributed by atoms with Crippen LogP contribution in [0.3, 0.4) is 0 Å². The van der Waals surface area contributed by atoms with Crippen molar-refractivity contribution in [2.75, 3.05) is 18.4 Å². The maximum absolute atomic E-state index is 12.5. The van der Waals surface area contributed by atoms with E-state index in [2.05, 4.69) is 25.7 Å². The number of H-pyrrole nitrogens is 1. The van der Waals surface area contributed by atoms with Crippen molar-refractivity contribution in [3.63, 3.8) is 0 Å². The molecule has 0 bridgehead atoms. The van der Waals surface area contributed by atoms with Crippen LogP contribution in [-0.4, -0.2) is 38.7 Å². The molecule has 1 saturated heterocycles. The number of halogens is 1. The molecule has 7 nitrogen and oxygen atoms in total. The highest BCUT2D eigenvalue weighted by Crippen LogP contribution is 2.24. The summed E-state index contributed by atoms with van der Waals surface area (Å²) in [6.45, 7) is 1.95. The second-order valence-electron chi connectivity index (χ2n) is 6.31. The Morgan fingerprint density at radius 1 is 1.32 bits per heavy atom. The number of piperidine rings is 1. The van der Waals surface area contributed by atoms with Crippen LogP contribution in [0.25, 0.3) is 10.9 Å². The molecule has 0 spiro atoms. The fourth-order valence-electron chi connectivity index (χ4n) is 3.16. The molecule has 0 atom stereocenters. The molecular weight excluding hydrogens is 340 g/mol. The van der Waals surface area contributed by atoms with E-state index in [0.29, 0.717) is 22.6 Å². The van der Waals surface area contributed by atoms with Gasteiger partial charge in [-0.15, -0.1) is 0 Å². The van der Waals surface area contributed by atoms with Crippen molar-refractivity contribution < 1.29 is 4.79 Å². The minimum atomic E-state index is -0.250. The Balaban J connectivity index is 1.54. The third-order valence-corrected chi connectivity index (χ3v) is 4.77. The number of nitrogens with one attached hydrogen (secondary N) is 3. The van der Waals surface area contributed by atoms with Gasteiger partial charge in [-0.1, -0.05) is 17.7 Å². The number of rotatable bonds is 3. The van der Waals surface area contributed by atoms with Crippen LogP contribution in [0.5, 0.6) is 0 Å². The Labute approximate surface area is 149 Å². The fourth-order valence-corrected chi connectivity index (χ4v) is 3.33. The highest BCUT2D eigenvalue weighted by Gasteiger charge is 2.21. The lowest BCUT2D eigenvalue weighted by molar-refractivity contribution is 0.102. The SMILES string of the molecule is Cn1nc(C2CCNCC2)nc1NC(=O)c1cc2ccc(Cl)cc2[nH]1. The third kappa shape index (κ3) is 3.25. The van der Waals surface area contributed by atoms with Gasteiger partial charge >= 0.3 is 0 Å². The number of fused-ring (bicyclic) bond motifs is 1. The van der Waals surface area contributed by atoms with Crippen molar-refractivity contribution in [1.82, 2.24) is 25.1 Å². The molecule has 0 radical (unpaired) electrons. The van der Waals surface area contributed by atoms with Gasteiger partial charge in [-0.25, -0.2) is 4.68 Å². The largest absolute Gasteiger partial charge is 0.350 e. The van der Waals surface area contributed by atoms with E-state index >= 15 is 0 Å². The summed E-state index contributed by atoms with van der Waals surface area (Å²) in [5.41, 5.74) is 1.29. The summed E-state index contributed by atoms with van der Waals surface area (Å²) in [4.78, 5) is 20.1. The molecule has 1 fully saturated rings. The normalized spacial score (nSPS) is 15.6. The first-order valence-corrected chi connectivity index (χ1v) is 8.69. The summed E-state index contributed by atoms with van der Waals surface area (Å²) in [6, 6.07) is 7.27. The number of aromatic nitrogens is 4. The molecule has 1 aromatic carbocycles. The summed E-state index contributed by atoms with van der Waals surface area (Å²) in [7, 11) is 1.79. The smallest absolute Gasteiger partial charge is 0.274 e. The molecule has 1 aliphatic rings. The molecule has 0 unspecified atom stereocenters. The van der Waals surface area contributed by atoms with Crippen LogP contribution in [0, 0.1) is 0 Å². The van der Waals surface area contributed by atoms with Crippen molar-refractivity contribution in [2.24, 2.45) is 7.05 Å².